The first kappa shape index (κ1) is 9.82. The van der Waals surface area contributed by atoms with Gasteiger partial charge in [0, 0.05) is 5.39 Å². The number of alkyl halides is 3. The molecule has 0 atom stereocenters. The van der Waals surface area contributed by atoms with E-state index in [4.69, 9.17) is 0 Å². The Morgan fingerprint density at radius 2 is 1.87 bits per heavy atom. The van der Waals surface area contributed by atoms with Gasteiger partial charge in [0.25, 0.3) is 0 Å². The quantitative estimate of drug-likeness (QED) is 0.674. The molecule has 78 valence electrons. The van der Waals surface area contributed by atoms with Crippen molar-refractivity contribution >= 4 is 11.0 Å². The summed E-state index contributed by atoms with van der Waals surface area (Å²) in [6.45, 7) is 1.69. The highest BCUT2D eigenvalue weighted by molar-refractivity contribution is 5.76. The number of rotatable bonds is 0. The lowest BCUT2D eigenvalue weighted by atomic mass is 10.2. The van der Waals surface area contributed by atoms with Crippen LogP contribution in [0.1, 0.15) is 11.4 Å². The summed E-state index contributed by atoms with van der Waals surface area (Å²) >= 11 is 0. The molecule has 2 heterocycles. The Bertz CT molecular complexity index is 507. The molecule has 6 heteroatoms. The highest BCUT2D eigenvalue weighted by Crippen LogP contribution is 2.28. The average molecular weight is 213 g/mol. The predicted molar refractivity (Wildman–Crippen MR) is 47.1 cm³/mol. The summed E-state index contributed by atoms with van der Waals surface area (Å²) in [6.07, 6.45) is -3.24. The maximum Gasteiger partial charge on any atom is 0.433 e. The molecule has 3 nitrogen and oxygen atoms in total. The minimum atomic E-state index is -4.44. The molecule has 0 saturated carbocycles. The monoisotopic (exact) mass is 213 g/mol. The van der Waals surface area contributed by atoms with E-state index >= 15 is 0 Å². The van der Waals surface area contributed by atoms with Crippen LogP contribution in [0.4, 0.5) is 13.2 Å². The summed E-state index contributed by atoms with van der Waals surface area (Å²) in [4.78, 5) is 11.0. The van der Waals surface area contributed by atoms with E-state index in [1.165, 1.54) is 12.4 Å². The van der Waals surface area contributed by atoms with Crippen molar-refractivity contribution in [3.05, 3.63) is 29.8 Å². The minimum Gasteiger partial charge on any atom is -0.241 e. The molecule has 0 fully saturated rings. The second-order valence-electron chi connectivity index (χ2n) is 3.02. The molecule has 0 N–H and O–H groups in total. The van der Waals surface area contributed by atoms with Gasteiger partial charge < -0.3 is 0 Å². The maximum atomic E-state index is 12.3. The molecule has 0 aromatic carbocycles. The topological polar surface area (TPSA) is 38.7 Å². The summed E-state index contributed by atoms with van der Waals surface area (Å²) in [6, 6.07) is 2.26. The third-order valence-electron chi connectivity index (χ3n) is 1.99. The van der Waals surface area contributed by atoms with Crippen LogP contribution in [0.5, 0.6) is 0 Å². The van der Waals surface area contributed by atoms with Gasteiger partial charge in [0.05, 0.1) is 5.69 Å². The van der Waals surface area contributed by atoms with Crippen molar-refractivity contribution in [1.29, 1.82) is 0 Å². The van der Waals surface area contributed by atoms with Gasteiger partial charge in [-0.1, -0.05) is 0 Å². The van der Waals surface area contributed by atoms with Crippen LogP contribution in [-0.4, -0.2) is 15.0 Å². The fourth-order valence-corrected chi connectivity index (χ4v) is 1.23. The summed E-state index contributed by atoms with van der Waals surface area (Å²) in [7, 11) is 0. The number of aromatic nitrogens is 3. The number of halogens is 3. The van der Waals surface area contributed by atoms with E-state index in [1.54, 1.807) is 6.92 Å². The van der Waals surface area contributed by atoms with E-state index in [2.05, 4.69) is 15.0 Å². The van der Waals surface area contributed by atoms with Crippen LogP contribution >= 0.6 is 0 Å². The summed E-state index contributed by atoms with van der Waals surface area (Å²) in [5.41, 5.74) is -0.258. The lowest BCUT2D eigenvalue weighted by Gasteiger charge is -2.06. The average Bonchev–Trinajstić information content (AvgIpc) is 2.16. The van der Waals surface area contributed by atoms with Crippen molar-refractivity contribution in [2.24, 2.45) is 0 Å². The molecule has 0 saturated heterocycles. The van der Waals surface area contributed by atoms with E-state index in [9.17, 15) is 13.2 Å². The van der Waals surface area contributed by atoms with E-state index in [0.717, 1.165) is 6.07 Å². The molecule has 0 aliphatic heterocycles. The zero-order valence-electron chi connectivity index (χ0n) is 7.71. The van der Waals surface area contributed by atoms with Crippen molar-refractivity contribution < 1.29 is 13.2 Å². The van der Waals surface area contributed by atoms with Crippen LogP contribution in [0.2, 0.25) is 0 Å². The molecule has 0 amide bonds. The summed E-state index contributed by atoms with van der Waals surface area (Å²) < 4.78 is 36.9. The van der Waals surface area contributed by atoms with Crippen LogP contribution in [-0.2, 0) is 6.18 Å². The zero-order valence-corrected chi connectivity index (χ0v) is 7.71. The standard InChI is InChI=1S/C9H6F3N3/c1-5-6-2-3-7(9(10,11)12)15-8(6)14-4-13-5/h2-4H,1H3. The van der Waals surface area contributed by atoms with Crippen molar-refractivity contribution in [2.45, 2.75) is 13.1 Å². The van der Waals surface area contributed by atoms with Gasteiger partial charge in [-0.25, -0.2) is 15.0 Å². The summed E-state index contributed by atoms with van der Waals surface area (Å²) in [5, 5.41) is 0.533. The van der Waals surface area contributed by atoms with Crippen molar-refractivity contribution in [1.82, 2.24) is 15.0 Å². The third kappa shape index (κ3) is 1.74. The molecule has 0 aliphatic carbocycles. The first-order valence-corrected chi connectivity index (χ1v) is 4.14. The normalized spacial score (nSPS) is 12.0. The predicted octanol–water partition coefficient (Wildman–Crippen LogP) is 2.35. The van der Waals surface area contributed by atoms with Gasteiger partial charge in [0.2, 0.25) is 0 Å². The van der Waals surface area contributed by atoms with Crippen molar-refractivity contribution in [3.8, 4) is 0 Å². The maximum absolute atomic E-state index is 12.3. The third-order valence-corrected chi connectivity index (χ3v) is 1.99. The van der Waals surface area contributed by atoms with Crippen LogP contribution in [0, 0.1) is 6.92 Å². The molecule has 0 spiro atoms. The summed E-state index contributed by atoms with van der Waals surface area (Å²) in [5.74, 6) is 0. The van der Waals surface area contributed by atoms with Crippen molar-refractivity contribution in [3.63, 3.8) is 0 Å². The Morgan fingerprint density at radius 1 is 1.13 bits per heavy atom. The molecule has 0 radical (unpaired) electrons. The first-order chi connectivity index (χ1) is 6.98. The molecule has 2 aromatic rings. The highest BCUT2D eigenvalue weighted by atomic mass is 19.4. The zero-order chi connectivity index (χ0) is 11.1. The Labute approximate surface area is 83.0 Å². The number of hydrogen-bond acceptors (Lipinski definition) is 3. The fourth-order valence-electron chi connectivity index (χ4n) is 1.23. The molecule has 0 unspecified atom stereocenters. The van der Waals surface area contributed by atoms with E-state index in [1.807, 2.05) is 0 Å². The van der Waals surface area contributed by atoms with Crippen LogP contribution in [0.3, 0.4) is 0 Å². The van der Waals surface area contributed by atoms with Gasteiger partial charge >= 0.3 is 6.18 Å². The molecular formula is C9H6F3N3. The van der Waals surface area contributed by atoms with Crippen LogP contribution in [0.15, 0.2) is 18.5 Å². The molecule has 2 aromatic heterocycles. The largest absolute Gasteiger partial charge is 0.433 e. The number of pyridine rings is 1. The Balaban J connectivity index is 2.68. The van der Waals surface area contributed by atoms with Gasteiger partial charge in [-0.15, -0.1) is 0 Å². The van der Waals surface area contributed by atoms with Crippen molar-refractivity contribution in [2.75, 3.05) is 0 Å². The van der Waals surface area contributed by atoms with E-state index < -0.39 is 11.9 Å². The highest BCUT2D eigenvalue weighted by Gasteiger charge is 2.32. The van der Waals surface area contributed by atoms with Gasteiger partial charge in [-0.05, 0) is 19.1 Å². The Hall–Kier alpha value is -1.72. The van der Waals surface area contributed by atoms with Gasteiger partial charge in [-0.2, -0.15) is 13.2 Å². The second kappa shape index (κ2) is 3.15. The van der Waals surface area contributed by atoms with Gasteiger partial charge in [0.15, 0.2) is 5.65 Å². The molecule has 2 rings (SSSR count). The molecule has 15 heavy (non-hydrogen) atoms. The Kier molecular flexibility index (Phi) is 2.06. The first-order valence-electron chi connectivity index (χ1n) is 4.14. The lowest BCUT2D eigenvalue weighted by molar-refractivity contribution is -0.141. The van der Waals surface area contributed by atoms with Crippen LogP contribution < -0.4 is 0 Å². The second-order valence-corrected chi connectivity index (χ2v) is 3.02. The molecule has 0 bridgehead atoms. The number of nitrogens with zero attached hydrogens (tertiary/aromatic N) is 3. The fraction of sp³-hybridized carbons (Fsp3) is 0.222. The van der Waals surface area contributed by atoms with E-state index in [-0.39, 0.29) is 5.65 Å². The van der Waals surface area contributed by atoms with E-state index in [0.29, 0.717) is 11.1 Å². The molecular weight excluding hydrogens is 207 g/mol. The minimum absolute atomic E-state index is 0.0670. The smallest absolute Gasteiger partial charge is 0.241 e. The van der Waals surface area contributed by atoms with Gasteiger partial charge in [0.1, 0.15) is 12.0 Å². The lowest BCUT2D eigenvalue weighted by Crippen LogP contribution is -2.08. The van der Waals surface area contributed by atoms with Gasteiger partial charge in [-0.3, -0.25) is 0 Å². The molecule has 0 aliphatic rings. The number of fused-ring (bicyclic) bond motifs is 1. The number of aryl methyl sites for hydroxylation is 1. The van der Waals surface area contributed by atoms with Crippen LogP contribution in [0.25, 0.3) is 11.0 Å². The number of hydrogen-bond donors (Lipinski definition) is 0. The Morgan fingerprint density at radius 3 is 2.53 bits per heavy atom. The SMILES string of the molecule is Cc1ncnc2nc(C(F)(F)F)ccc12.